The lowest BCUT2D eigenvalue weighted by Crippen LogP contribution is -2.22. The summed E-state index contributed by atoms with van der Waals surface area (Å²) in [6.07, 6.45) is -7.49. The van der Waals surface area contributed by atoms with Gasteiger partial charge in [-0.15, -0.1) is 0 Å². The van der Waals surface area contributed by atoms with E-state index < -0.39 is 29.5 Å². The minimum Gasteiger partial charge on any atom is -0.379 e. The van der Waals surface area contributed by atoms with Crippen molar-refractivity contribution in [3.8, 4) is 0 Å². The van der Waals surface area contributed by atoms with Gasteiger partial charge in [-0.1, -0.05) is 0 Å². The molecule has 1 N–H and O–H groups in total. The van der Waals surface area contributed by atoms with Crippen LogP contribution in [-0.2, 0) is 0 Å². The molecular weight excluding hydrogens is 209 g/mol. The second-order valence-corrected chi connectivity index (χ2v) is 2.46. The van der Waals surface area contributed by atoms with E-state index in [1.165, 1.54) is 0 Å². The summed E-state index contributed by atoms with van der Waals surface area (Å²) in [5.41, 5.74) is -1.44. The average Bonchev–Trinajstić information content (AvgIpc) is 2.01. The molecule has 1 aromatic rings. The first-order valence-corrected chi connectivity index (χ1v) is 3.37. The van der Waals surface area contributed by atoms with Crippen molar-refractivity contribution in [2.24, 2.45) is 0 Å². The molecule has 7 heteroatoms. The number of aliphatic hydroxyl groups excluding tert-OH is 1. The Morgan fingerprint density at radius 2 is 1.57 bits per heavy atom. The first-order valence-electron chi connectivity index (χ1n) is 3.37. The van der Waals surface area contributed by atoms with Crippen LogP contribution in [0.5, 0.6) is 0 Å². The number of hydrogen-bond acceptors (Lipinski definition) is 2. The number of nitrogens with zero attached hydrogens (tertiary/aromatic N) is 1. The van der Waals surface area contributed by atoms with Gasteiger partial charge in [-0.05, 0) is 0 Å². The Balaban J connectivity index is 3.19. The highest BCUT2D eigenvalue weighted by Gasteiger charge is 2.42. The van der Waals surface area contributed by atoms with Crippen molar-refractivity contribution in [1.29, 1.82) is 0 Å². The average molecular weight is 213 g/mol. The van der Waals surface area contributed by atoms with E-state index in [2.05, 4.69) is 4.98 Å². The number of halogens is 5. The maximum absolute atomic E-state index is 12.7. The molecule has 0 aromatic carbocycles. The zero-order valence-electron chi connectivity index (χ0n) is 6.52. The van der Waals surface area contributed by atoms with Crippen molar-refractivity contribution in [2.45, 2.75) is 12.3 Å². The Morgan fingerprint density at radius 1 is 1.14 bits per heavy atom. The van der Waals surface area contributed by atoms with Gasteiger partial charge < -0.3 is 5.11 Å². The Kier molecular flexibility index (Phi) is 2.70. The van der Waals surface area contributed by atoms with Crippen LogP contribution in [0.1, 0.15) is 11.7 Å². The van der Waals surface area contributed by atoms with Crippen molar-refractivity contribution < 1.29 is 27.1 Å². The van der Waals surface area contributed by atoms with E-state index >= 15 is 0 Å². The van der Waals surface area contributed by atoms with Gasteiger partial charge in [0.1, 0.15) is 0 Å². The molecule has 0 amide bonds. The summed E-state index contributed by atoms with van der Waals surface area (Å²) in [5.74, 6) is -3.07. The minimum absolute atomic E-state index is 0.396. The lowest BCUT2D eigenvalue weighted by atomic mass is 10.1. The van der Waals surface area contributed by atoms with Crippen LogP contribution in [0.3, 0.4) is 0 Å². The van der Waals surface area contributed by atoms with E-state index in [1.54, 1.807) is 0 Å². The SMILES string of the molecule is O[C@H](c1c(F)cncc1F)C(F)(F)F. The number of hydrogen-bond donors (Lipinski definition) is 1. The highest BCUT2D eigenvalue weighted by Crippen LogP contribution is 2.34. The highest BCUT2D eigenvalue weighted by atomic mass is 19.4. The second kappa shape index (κ2) is 3.49. The number of pyridine rings is 1. The third-order valence-electron chi connectivity index (χ3n) is 1.47. The van der Waals surface area contributed by atoms with Gasteiger partial charge in [-0.2, -0.15) is 13.2 Å². The summed E-state index contributed by atoms with van der Waals surface area (Å²) in [7, 11) is 0. The van der Waals surface area contributed by atoms with E-state index in [0.717, 1.165) is 0 Å². The van der Waals surface area contributed by atoms with Crippen LogP contribution in [0.25, 0.3) is 0 Å². The fraction of sp³-hybridized carbons (Fsp3) is 0.286. The third kappa shape index (κ3) is 1.98. The molecule has 0 fully saturated rings. The minimum atomic E-state index is -5.11. The quantitative estimate of drug-likeness (QED) is 0.723. The fourth-order valence-corrected chi connectivity index (χ4v) is 0.846. The number of alkyl halides is 3. The predicted octanol–water partition coefficient (Wildman–Crippen LogP) is 1.96. The molecule has 0 saturated carbocycles. The summed E-state index contributed by atoms with van der Waals surface area (Å²) < 4.78 is 61.0. The molecule has 1 aromatic heterocycles. The zero-order valence-corrected chi connectivity index (χ0v) is 6.52. The topological polar surface area (TPSA) is 33.1 Å². The largest absolute Gasteiger partial charge is 0.418 e. The van der Waals surface area contributed by atoms with Crippen molar-refractivity contribution in [1.82, 2.24) is 4.98 Å². The van der Waals surface area contributed by atoms with Gasteiger partial charge in [-0.25, -0.2) is 8.78 Å². The molecule has 1 heterocycles. The molecule has 78 valence electrons. The molecular formula is C7H4F5NO. The van der Waals surface area contributed by atoms with Gasteiger partial charge >= 0.3 is 6.18 Å². The summed E-state index contributed by atoms with van der Waals surface area (Å²) in [6.45, 7) is 0. The number of aromatic nitrogens is 1. The summed E-state index contributed by atoms with van der Waals surface area (Å²) in [6, 6.07) is 0. The van der Waals surface area contributed by atoms with Gasteiger partial charge in [0.25, 0.3) is 0 Å². The van der Waals surface area contributed by atoms with Gasteiger partial charge in [-0.3, -0.25) is 4.98 Å². The maximum Gasteiger partial charge on any atom is 0.418 e. The smallest absolute Gasteiger partial charge is 0.379 e. The molecule has 1 atom stereocenters. The van der Waals surface area contributed by atoms with Crippen LogP contribution in [0, 0.1) is 11.6 Å². The molecule has 0 bridgehead atoms. The summed E-state index contributed by atoms with van der Waals surface area (Å²) in [5, 5.41) is 8.59. The Morgan fingerprint density at radius 3 is 1.93 bits per heavy atom. The molecule has 0 radical (unpaired) electrons. The van der Waals surface area contributed by atoms with Crippen LogP contribution in [0.4, 0.5) is 22.0 Å². The van der Waals surface area contributed by atoms with Crippen LogP contribution in [-0.4, -0.2) is 16.3 Å². The van der Waals surface area contributed by atoms with Gasteiger partial charge in [0.2, 0.25) is 0 Å². The van der Waals surface area contributed by atoms with Crippen molar-refractivity contribution in [3.63, 3.8) is 0 Å². The lowest BCUT2D eigenvalue weighted by Gasteiger charge is -2.15. The molecule has 0 aliphatic carbocycles. The monoisotopic (exact) mass is 213 g/mol. The van der Waals surface area contributed by atoms with Gasteiger partial charge in [0.05, 0.1) is 18.0 Å². The van der Waals surface area contributed by atoms with Crippen LogP contribution in [0.2, 0.25) is 0 Å². The first kappa shape index (κ1) is 10.8. The fourth-order valence-electron chi connectivity index (χ4n) is 0.846. The predicted molar refractivity (Wildman–Crippen MR) is 35.2 cm³/mol. The molecule has 1 rings (SSSR count). The molecule has 0 saturated heterocycles. The first-order chi connectivity index (χ1) is 6.34. The molecule has 0 unspecified atom stereocenters. The molecule has 14 heavy (non-hydrogen) atoms. The van der Waals surface area contributed by atoms with Crippen molar-refractivity contribution >= 4 is 0 Å². The molecule has 2 nitrogen and oxygen atoms in total. The number of aliphatic hydroxyl groups is 1. The standard InChI is InChI=1S/C7H4F5NO/c8-3-1-13-2-4(9)5(3)6(14)7(10,11)12/h1-2,6,14H/t6-/m1/s1. The Labute approximate surface area is 75.0 Å². The number of rotatable bonds is 1. The zero-order chi connectivity index (χ0) is 10.9. The van der Waals surface area contributed by atoms with E-state index in [1.807, 2.05) is 0 Å². The van der Waals surface area contributed by atoms with Crippen LogP contribution < -0.4 is 0 Å². The Bertz CT molecular complexity index is 317. The van der Waals surface area contributed by atoms with E-state index in [-0.39, 0.29) is 0 Å². The maximum atomic E-state index is 12.7. The molecule has 0 spiro atoms. The van der Waals surface area contributed by atoms with Crippen molar-refractivity contribution in [2.75, 3.05) is 0 Å². The van der Waals surface area contributed by atoms with E-state index in [4.69, 9.17) is 5.11 Å². The lowest BCUT2D eigenvalue weighted by molar-refractivity contribution is -0.208. The van der Waals surface area contributed by atoms with Gasteiger partial charge in [0, 0.05) is 0 Å². The highest BCUT2D eigenvalue weighted by molar-refractivity contribution is 5.19. The summed E-state index contributed by atoms with van der Waals surface area (Å²) >= 11 is 0. The third-order valence-corrected chi connectivity index (χ3v) is 1.47. The van der Waals surface area contributed by atoms with Crippen molar-refractivity contribution in [3.05, 3.63) is 29.6 Å². The van der Waals surface area contributed by atoms with E-state index in [9.17, 15) is 22.0 Å². The molecule has 0 aliphatic heterocycles. The Hall–Kier alpha value is -1.24. The normalized spacial score (nSPS) is 14.1. The second-order valence-electron chi connectivity index (χ2n) is 2.46. The van der Waals surface area contributed by atoms with Crippen LogP contribution in [0.15, 0.2) is 12.4 Å². The van der Waals surface area contributed by atoms with Crippen LogP contribution >= 0.6 is 0 Å². The van der Waals surface area contributed by atoms with Gasteiger partial charge in [0.15, 0.2) is 17.7 Å². The summed E-state index contributed by atoms with van der Waals surface area (Å²) in [4.78, 5) is 2.98. The molecule has 0 aliphatic rings. The van der Waals surface area contributed by atoms with E-state index in [0.29, 0.717) is 12.4 Å².